The Labute approximate surface area is 116 Å². The number of piperidine rings is 1. The number of pyridine rings is 1. The van der Waals surface area contributed by atoms with Gasteiger partial charge in [0.05, 0.1) is 11.2 Å². The van der Waals surface area contributed by atoms with Crippen molar-refractivity contribution in [3.63, 3.8) is 0 Å². The molecule has 1 aromatic carbocycles. The molecule has 3 nitrogen and oxygen atoms in total. The lowest BCUT2D eigenvalue weighted by Gasteiger charge is -2.33. The van der Waals surface area contributed by atoms with Crippen molar-refractivity contribution in [3.8, 4) is 0 Å². The van der Waals surface area contributed by atoms with Gasteiger partial charge in [-0.2, -0.15) is 0 Å². The molecule has 2 aromatic rings. The molecule has 0 bridgehead atoms. The van der Waals surface area contributed by atoms with E-state index in [1.165, 1.54) is 0 Å². The minimum absolute atomic E-state index is 0.106. The van der Waals surface area contributed by atoms with Gasteiger partial charge in [-0.15, -0.1) is 0 Å². The molecule has 1 fully saturated rings. The number of halogens is 2. The molecule has 2 heterocycles. The summed E-state index contributed by atoms with van der Waals surface area (Å²) in [4.78, 5) is 6.41. The number of aryl methyl sites for hydroxylation is 1. The number of alkyl halides is 2. The van der Waals surface area contributed by atoms with Crippen LogP contribution in [0.4, 0.5) is 20.3 Å². The van der Waals surface area contributed by atoms with Gasteiger partial charge < -0.3 is 10.6 Å². The van der Waals surface area contributed by atoms with E-state index in [9.17, 15) is 8.78 Å². The second kappa shape index (κ2) is 4.58. The summed E-state index contributed by atoms with van der Waals surface area (Å²) >= 11 is 0. The van der Waals surface area contributed by atoms with E-state index in [4.69, 9.17) is 5.73 Å². The Morgan fingerprint density at radius 1 is 1.25 bits per heavy atom. The Kier molecular flexibility index (Phi) is 3.00. The zero-order valence-electron chi connectivity index (χ0n) is 11.4. The summed E-state index contributed by atoms with van der Waals surface area (Å²) in [7, 11) is 0. The highest BCUT2D eigenvalue weighted by Gasteiger charge is 2.34. The van der Waals surface area contributed by atoms with Gasteiger partial charge in [-0.1, -0.05) is 12.1 Å². The third-order valence-electron chi connectivity index (χ3n) is 3.89. The van der Waals surface area contributed by atoms with E-state index in [1.54, 1.807) is 0 Å². The van der Waals surface area contributed by atoms with Crippen molar-refractivity contribution in [2.24, 2.45) is 0 Å². The maximum atomic E-state index is 13.3. The molecular weight excluding hydrogens is 260 g/mol. The monoisotopic (exact) mass is 277 g/mol. The SMILES string of the molecule is Cc1cc2cccc(N3CCC(F)(F)CC3)c2nc1N. The molecule has 2 N–H and O–H groups in total. The Balaban J connectivity index is 2.02. The lowest BCUT2D eigenvalue weighted by molar-refractivity contribution is -0.0220. The number of hydrogen-bond donors (Lipinski definition) is 1. The second-order valence-corrected chi connectivity index (χ2v) is 5.38. The maximum Gasteiger partial charge on any atom is 0.251 e. The maximum absolute atomic E-state index is 13.3. The molecule has 0 saturated carbocycles. The molecule has 0 unspecified atom stereocenters. The molecule has 5 heteroatoms. The molecule has 0 radical (unpaired) electrons. The molecule has 0 spiro atoms. The number of nitrogen functional groups attached to an aromatic ring is 1. The van der Waals surface area contributed by atoms with E-state index in [-0.39, 0.29) is 12.8 Å². The highest BCUT2D eigenvalue weighted by Crippen LogP contribution is 2.33. The van der Waals surface area contributed by atoms with Gasteiger partial charge in [-0.05, 0) is 24.6 Å². The average molecular weight is 277 g/mol. The number of para-hydroxylation sites is 1. The number of hydrogen-bond acceptors (Lipinski definition) is 3. The molecule has 1 aromatic heterocycles. The van der Waals surface area contributed by atoms with Crippen LogP contribution in [0, 0.1) is 6.92 Å². The highest BCUT2D eigenvalue weighted by atomic mass is 19.3. The number of anilines is 2. The van der Waals surface area contributed by atoms with Crippen LogP contribution in [-0.4, -0.2) is 24.0 Å². The van der Waals surface area contributed by atoms with Crippen LogP contribution in [0.15, 0.2) is 24.3 Å². The summed E-state index contributed by atoms with van der Waals surface area (Å²) < 4.78 is 26.5. The standard InChI is InChI=1S/C15H17F2N3/c1-10-9-11-3-2-4-12(13(11)19-14(10)18)20-7-5-15(16,17)6-8-20/h2-4,9H,5-8H2,1H3,(H2,18,19). The average Bonchev–Trinajstić information content (AvgIpc) is 2.40. The lowest BCUT2D eigenvalue weighted by Crippen LogP contribution is -2.39. The van der Waals surface area contributed by atoms with Crippen molar-refractivity contribution in [3.05, 3.63) is 29.8 Å². The Bertz CT molecular complexity index is 645. The van der Waals surface area contributed by atoms with Crippen molar-refractivity contribution in [1.82, 2.24) is 4.98 Å². The highest BCUT2D eigenvalue weighted by molar-refractivity contribution is 5.92. The Morgan fingerprint density at radius 2 is 1.95 bits per heavy atom. The first-order valence-corrected chi connectivity index (χ1v) is 6.75. The van der Waals surface area contributed by atoms with Crippen LogP contribution in [0.25, 0.3) is 10.9 Å². The Morgan fingerprint density at radius 3 is 2.65 bits per heavy atom. The predicted octanol–water partition coefficient (Wildman–Crippen LogP) is 3.36. The summed E-state index contributed by atoms with van der Waals surface area (Å²) in [6.45, 7) is 2.61. The number of nitrogens with two attached hydrogens (primary N) is 1. The summed E-state index contributed by atoms with van der Waals surface area (Å²) in [5, 5.41) is 0.992. The Hall–Kier alpha value is -1.91. The normalized spacial score (nSPS) is 18.4. The van der Waals surface area contributed by atoms with Crippen LogP contribution in [0.1, 0.15) is 18.4 Å². The molecular formula is C15H17F2N3. The predicted molar refractivity (Wildman–Crippen MR) is 77.3 cm³/mol. The molecule has 0 aliphatic carbocycles. The van der Waals surface area contributed by atoms with Gasteiger partial charge in [-0.3, -0.25) is 0 Å². The minimum atomic E-state index is -2.54. The number of rotatable bonds is 1. The van der Waals surface area contributed by atoms with E-state index in [0.29, 0.717) is 18.9 Å². The fourth-order valence-corrected chi connectivity index (χ4v) is 2.63. The van der Waals surface area contributed by atoms with Crippen LogP contribution < -0.4 is 10.6 Å². The fourth-order valence-electron chi connectivity index (χ4n) is 2.63. The smallest absolute Gasteiger partial charge is 0.251 e. The van der Waals surface area contributed by atoms with Gasteiger partial charge in [0, 0.05) is 31.3 Å². The van der Waals surface area contributed by atoms with E-state index >= 15 is 0 Å². The van der Waals surface area contributed by atoms with Crippen molar-refractivity contribution in [2.45, 2.75) is 25.7 Å². The first-order valence-electron chi connectivity index (χ1n) is 6.75. The van der Waals surface area contributed by atoms with Crippen LogP contribution in [0.2, 0.25) is 0 Å². The fraction of sp³-hybridized carbons (Fsp3) is 0.400. The van der Waals surface area contributed by atoms with Crippen molar-refractivity contribution < 1.29 is 8.78 Å². The minimum Gasteiger partial charge on any atom is -0.383 e. The van der Waals surface area contributed by atoms with Crippen LogP contribution in [-0.2, 0) is 0 Å². The molecule has 1 aliphatic rings. The lowest BCUT2D eigenvalue weighted by atomic mass is 10.0. The summed E-state index contributed by atoms with van der Waals surface area (Å²) in [5.74, 6) is -2.04. The largest absolute Gasteiger partial charge is 0.383 e. The third kappa shape index (κ3) is 2.28. The van der Waals surface area contributed by atoms with Crippen LogP contribution in [0.3, 0.4) is 0 Å². The van der Waals surface area contributed by atoms with Gasteiger partial charge in [-0.25, -0.2) is 13.8 Å². The van der Waals surface area contributed by atoms with Gasteiger partial charge >= 0.3 is 0 Å². The summed E-state index contributed by atoms with van der Waals surface area (Å²) in [6, 6.07) is 7.81. The van der Waals surface area contributed by atoms with E-state index < -0.39 is 5.92 Å². The topological polar surface area (TPSA) is 42.2 Å². The van der Waals surface area contributed by atoms with Gasteiger partial charge in [0.1, 0.15) is 5.82 Å². The zero-order chi connectivity index (χ0) is 14.3. The number of aromatic nitrogens is 1. The van der Waals surface area contributed by atoms with Gasteiger partial charge in [0.15, 0.2) is 0 Å². The van der Waals surface area contributed by atoms with E-state index in [1.807, 2.05) is 36.1 Å². The number of benzene rings is 1. The molecule has 1 aliphatic heterocycles. The quantitative estimate of drug-likeness (QED) is 0.869. The molecule has 1 saturated heterocycles. The molecule has 0 atom stereocenters. The van der Waals surface area contributed by atoms with Crippen LogP contribution >= 0.6 is 0 Å². The van der Waals surface area contributed by atoms with Gasteiger partial charge in [0.25, 0.3) is 5.92 Å². The van der Waals surface area contributed by atoms with E-state index in [2.05, 4.69) is 4.98 Å². The third-order valence-corrected chi connectivity index (χ3v) is 3.89. The first-order chi connectivity index (χ1) is 9.46. The van der Waals surface area contributed by atoms with Gasteiger partial charge in [0.2, 0.25) is 0 Å². The molecule has 20 heavy (non-hydrogen) atoms. The summed E-state index contributed by atoms with van der Waals surface area (Å²) in [6.07, 6.45) is -0.213. The number of fused-ring (bicyclic) bond motifs is 1. The van der Waals surface area contributed by atoms with E-state index in [0.717, 1.165) is 22.2 Å². The summed E-state index contributed by atoms with van der Waals surface area (Å²) in [5.41, 5.74) is 8.49. The second-order valence-electron chi connectivity index (χ2n) is 5.38. The number of nitrogens with zero attached hydrogens (tertiary/aromatic N) is 2. The van der Waals surface area contributed by atoms with Crippen molar-refractivity contribution in [1.29, 1.82) is 0 Å². The van der Waals surface area contributed by atoms with Crippen molar-refractivity contribution in [2.75, 3.05) is 23.7 Å². The molecule has 3 rings (SSSR count). The molecule has 0 amide bonds. The van der Waals surface area contributed by atoms with Crippen molar-refractivity contribution >= 4 is 22.4 Å². The molecule has 106 valence electrons. The van der Waals surface area contributed by atoms with Crippen LogP contribution in [0.5, 0.6) is 0 Å². The zero-order valence-corrected chi connectivity index (χ0v) is 11.4. The first kappa shape index (κ1) is 13.1.